The van der Waals surface area contributed by atoms with Crippen molar-refractivity contribution in [3.05, 3.63) is 17.9 Å². The van der Waals surface area contributed by atoms with Crippen molar-refractivity contribution in [3.63, 3.8) is 0 Å². The maximum Gasteiger partial charge on any atom is 0.387 e. The maximum absolute atomic E-state index is 13.3. The molecule has 1 rings (SSSR count). The minimum Gasteiger partial charge on any atom is -0.432 e. The van der Waals surface area contributed by atoms with Gasteiger partial charge in [0, 0.05) is 18.7 Å². The third-order valence-electron chi connectivity index (χ3n) is 2.24. The number of anilines is 2. The lowest BCUT2D eigenvalue weighted by Gasteiger charge is -2.12. The molecule has 0 atom stereocenters. The Morgan fingerprint density at radius 1 is 1.35 bits per heavy atom. The topological polar surface area (TPSA) is 107 Å². The molecule has 0 saturated carbocycles. The minimum atomic E-state index is -3.57. The first-order chi connectivity index (χ1) is 9.19. The summed E-state index contributed by atoms with van der Waals surface area (Å²) in [5, 5.41) is 7.50. The van der Waals surface area contributed by atoms with Crippen LogP contribution < -0.4 is 20.9 Å². The molecule has 1 aromatic carbocycles. The summed E-state index contributed by atoms with van der Waals surface area (Å²) in [6.45, 7) is -3.00. The summed E-state index contributed by atoms with van der Waals surface area (Å²) >= 11 is 0. The first-order valence-electron chi connectivity index (χ1n) is 5.47. The van der Waals surface area contributed by atoms with E-state index in [4.69, 9.17) is 10.9 Å². The number of nitrogen functional groups attached to an aromatic ring is 1. The van der Waals surface area contributed by atoms with Gasteiger partial charge in [-0.15, -0.1) is 0 Å². The monoisotopic (exact) mass is 313 g/mol. The van der Waals surface area contributed by atoms with E-state index in [9.17, 15) is 21.6 Å². The van der Waals surface area contributed by atoms with Crippen LogP contribution in [0.25, 0.3) is 0 Å². The minimum absolute atomic E-state index is 0.0141. The molecule has 0 heterocycles. The largest absolute Gasteiger partial charge is 0.432 e. The molecule has 6 nitrogen and oxygen atoms in total. The first kappa shape index (κ1) is 16.4. The number of alkyl halides is 2. The fourth-order valence-electron chi connectivity index (χ4n) is 1.40. The molecular weight excluding hydrogens is 299 g/mol. The number of primary sulfonamides is 1. The van der Waals surface area contributed by atoms with Crippen LogP contribution in [-0.2, 0) is 10.0 Å². The molecular formula is C10H14F3N3O3S. The van der Waals surface area contributed by atoms with Crippen LogP contribution in [0, 0.1) is 5.82 Å². The zero-order valence-corrected chi connectivity index (χ0v) is 11.1. The van der Waals surface area contributed by atoms with Gasteiger partial charge in [0.25, 0.3) is 0 Å². The van der Waals surface area contributed by atoms with E-state index in [1.807, 2.05) is 0 Å². The molecule has 1 aromatic rings. The first-order valence-corrected chi connectivity index (χ1v) is 7.19. The van der Waals surface area contributed by atoms with Gasteiger partial charge in [0.15, 0.2) is 11.6 Å². The highest BCUT2D eigenvalue weighted by molar-refractivity contribution is 7.89. The van der Waals surface area contributed by atoms with E-state index < -0.39 is 28.2 Å². The van der Waals surface area contributed by atoms with Gasteiger partial charge in [0.2, 0.25) is 10.0 Å². The van der Waals surface area contributed by atoms with Crippen LogP contribution >= 0.6 is 0 Å². The Balaban J connectivity index is 2.69. The van der Waals surface area contributed by atoms with Gasteiger partial charge in [-0.25, -0.2) is 17.9 Å². The highest BCUT2D eigenvalue weighted by atomic mass is 32.2. The van der Waals surface area contributed by atoms with E-state index in [-0.39, 0.29) is 30.1 Å². The molecule has 0 aliphatic carbocycles. The van der Waals surface area contributed by atoms with Crippen LogP contribution in [0.3, 0.4) is 0 Å². The van der Waals surface area contributed by atoms with Gasteiger partial charge >= 0.3 is 6.61 Å². The second-order valence-electron chi connectivity index (χ2n) is 3.90. The van der Waals surface area contributed by atoms with Crippen molar-refractivity contribution in [3.8, 4) is 5.75 Å². The average Bonchev–Trinajstić information content (AvgIpc) is 2.28. The Hall–Kier alpha value is -1.68. The van der Waals surface area contributed by atoms with E-state index in [0.717, 1.165) is 12.1 Å². The molecule has 0 radical (unpaired) electrons. The van der Waals surface area contributed by atoms with Crippen LogP contribution in [0.5, 0.6) is 5.75 Å². The van der Waals surface area contributed by atoms with Crippen LogP contribution in [-0.4, -0.2) is 27.3 Å². The number of nitrogens with one attached hydrogen (secondary N) is 1. The van der Waals surface area contributed by atoms with E-state index in [1.165, 1.54) is 0 Å². The molecule has 0 amide bonds. The molecule has 0 fully saturated rings. The molecule has 0 spiro atoms. The SMILES string of the molecule is Nc1cc(F)c(OC(F)F)cc1NCCCS(N)(=O)=O. The summed E-state index contributed by atoms with van der Waals surface area (Å²) in [5.74, 6) is -1.91. The van der Waals surface area contributed by atoms with E-state index >= 15 is 0 Å². The molecule has 0 unspecified atom stereocenters. The highest BCUT2D eigenvalue weighted by Gasteiger charge is 2.13. The standard InChI is InChI=1S/C10H14F3N3O3S/c11-6-4-7(14)8(5-9(6)19-10(12)13)16-2-1-3-20(15,17)18/h4-5,10,16H,1-3,14H2,(H2,15,17,18). The second-order valence-corrected chi connectivity index (χ2v) is 5.63. The summed E-state index contributed by atoms with van der Waals surface area (Å²) in [4.78, 5) is 0. The number of sulfonamides is 1. The Kier molecular flexibility index (Phi) is 5.45. The van der Waals surface area contributed by atoms with Crippen molar-refractivity contribution in [2.45, 2.75) is 13.0 Å². The third-order valence-corrected chi connectivity index (χ3v) is 3.10. The number of hydrogen-bond acceptors (Lipinski definition) is 5. The van der Waals surface area contributed by atoms with Crippen LogP contribution in [0.1, 0.15) is 6.42 Å². The molecule has 20 heavy (non-hydrogen) atoms. The smallest absolute Gasteiger partial charge is 0.387 e. The summed E-state index contributed by atoms with van der Waals surface area (Å²) < 4.78 is 62.8. The van der Waals surface area contributed by atoms with E-state index in [1.54, 1.807) is 0 Å². The highest BCUT2D eigenvalue weighted by Crippen LogP contribution is 2.29. The number of ether oxygens (including phenoxy) is 1. The molecule has 5 N–H and O–H groups in total. The van der Waals surface area contributed by atoms with Crippen LogP contribution in [0.4, 0.5) is 24.5 Å². The van der Waals surface area contributed by atoms with Crippen molar-refractivity contribution < 1.29 is 26.3 Å². The summed E-state index contributed by atoms with van der Waals surface area (Å²) in [6, 6.07) is 1.81. The van der Waals surface area contributed by atoms with Gasteiger partial charge in [0.05, 0.1) is 17.1 Å². The lowest BCUT2D eigenvalue weighted by molar-refractivity contribution is -0.0521. The molecule has 0 aliphatic heterocycles. The fourth-order valence-corrected chi connectivity index (χ4v) is 1.95. The van der Waals surface area contributed by atoms with E-state index in [2.05, 4.69) is 10.1 Å². The quantitative estimate of drug-likeness (QED) is 0.516. The molecule has 0 aromatic heterocycles. The van der Waals surface area contributed by atoms with Gasteiger partial charge in [-0.2, -0.15) is 8.78 Å². The van der Waals surface area contributed by atoms with Crippen molar-refractivity contribution in [2.24, 2.45) is 5.14 Å². The number of benzene rings is 1. The summed E-state index contributed by atoms with van der Waals surface area (Å²) in [6.07, 6.45) is 0.181. The summed E-state index contributed by atoms with van der Waals surface area (Å²) in [5.41, 5.74) is 5.65. The molecule has 114 valence electrons. The zero-order valence-electron chi connectivity index (χ0n) is 10.3. The predicted octanol–water partition coefficient (Wildman–Crippen LogP) is 1.10. The van der Waals surface area contributed by atoms with Crippen molar-refractivity contribution in [1.29, 1.82) is 0 Å². The second kappa shape index (κ2) is 6.66. The fraction of sp³-hybridized carbons (Fsp3) is 0.400. The van der Waals surface area contributed by atoms with Crippen molar-refractivity contribution in [1.82, 2.24) is 0 Å². The molecule has 0 saturated heterocycles. The number of hydrogen-bond donors (Lipinski definition) is 3. The molecule has 0 bridgehead atoms. The lowest BCUT2D eigenvalue weighted by atomic mass is 10.2. The van der Waals surface area contributed by atoms with Crippen LogP contribution in [0.15, 0.2) is 12.1 Å². The normalized spacial score (nSPS) is 11.7. The Morgan fingerprint density at radius 2 is 2.00 bits per heavy atom. The van der Waals surface area contributed by atoms with Crippen molar-refractivity contribution >= 4 is 21.4 Å². The summed E-state index contributed by atoms with van der Waals surface area (Å²) in [7, 11) is -3.57. The molecule has 0 aliphatic rings. The Morgan fingerprint density at radius 3 is 2.55 bits per heavy atom. The Bertz CT molecular complexity index is 566. The van der Waals surface area contributed by atoms with Crippen LogP contribution in [0.2, 0.25) is 0 Å². The number of halogens is 3. The third kappa shape index (κ3) is 5.53. The Labute approximate surface area is 113 Å². The van der Waals surface area contributed by atoms with Gasteiger partial charge in [-0.05, 0) is 6.42 Å². The van der Waals surface area contributed by atoms with E-state index in [0.29, 0.717) is 0 Å². The number of rotatable bonds is 7. The van der Waals surface area contributed by atoms with Gasteiger partial charge in [0.1, 0.15) is 0 Å². The maximum atomic E-state index is 13.3. The van der Waals surface area contributed by atoms with Gasteiger partial charge in [-0.1, -0.05) is 0 Å². The molecule has 10 heteroatoms. The average molecular weight is 313 g/mol. The van der Waals surface area contributed by atoms with Crippen molar-refractivity contribution in [2.75, 3.05) is 23.3 Å². The number of nitrogens with two attached hydrogens (primary N) is 2. The lowest BCUT2D eigenvalue weighted by Crippen LogP contribution is -2.19. The van der Waals surface area contributed by atoms with Gasteiger partial charge < -0.3 is 15.8 Å². The zero-order chi connectivity index (χ0) is 15.3. The van der Waals surface area contributed by atoms with Gasteiger partial charge in [-0.3, -0.25) is 0 Å². The predicted molar refractivity (Wildman–Crippen MR) is 68.5 cm³/mol.